The van der Waals surface area contributed by atoms with E-state index < -0.39 is 0 Å². The van der Waals surface area contributed by atoms with Crippen molar-refractivity contribution in [2.75, 3.05) is 0 Å². The highest BCUT2D eigenvalue weighted by Gasteiger charge is 2.10. The first-order chi connectivity index (χ1) is 8.88. The van der Waals surface area contributed by atoms with Gasteiger partial charge in [0.05, 0.1) is 0 Å². The van der Waals surface area contributed by atoms with E-state index in [1.807, 2.05) is 12.2 Å². The molecule has 0 aliphatic rings. The minimum Gasteiger partial charge on any atom is -0.103 e. The molecule has 0 aliphatic carbocycles. The van der Waals surface area contributed by atoms with E-state index in [1.165, 1.54) is 37.7 Å². The Labute approximate surface area is 112 Å². The van der Waals surface area contributed by atoms with Gasteiger partial charge in [-0.1, -0.05) is 48.9 Å². The first-order valence-corrected chi connectivity index (χ1v) is 7.15. The average Bonchev–Trinajstić information content (AvgIpc) is 2.42. The van der Waals surface area contributed by atoms with Gasteiger partial charge in [0.1, 0.15) is 0 Å². The Morgan fingerprint density at radius 2 is 1.44 bits per heavy atom. The van der Waals surface area contributed by atoms with Crippen molar-refractivity contribution in [3.8, 4) is 0 Å². The summed E-state index contributed by atoms with van der Waals surface area (Å²) >= 11 is 0. The second-order valence-corrected chi connectivity index (χ2v) is 4.90. The molecule has 0 aromatic heterocycles. The Bertz CT molecular complexity index is 323. The van der Waals surface area contributed by atoms with Crippen molar-refractivity contribution in [3.05, 3.63) is 61.2 Å². The number of allylic oxidation sites excluding steroid dienone is 2. The van der Waals surface area contributed by atoms with Crippen LogP contribution < -0.4 is 0 Å². The molecule has 0 heterocycles. The molecule has 1 aromatic carbocycles. The lowest BCUT2D eigenvalue weighted by molar-refractivity contribution is 0.525. The van der Waals surface area contributed by atoms with Gasteiger partial charge in [0.2, 0.25) is 0 Å². The number of hydrogen-bond acceptors (Lipinski definition) is 0. The summed E-state index contributed by atoms with van der Waals surface area (Å²) in [5.74, 6) is 0.718. The van der Waals surface area contributed by atoms with Gasteiger partial charge >= 0.3 is 0 Å². The van der Waals surface area contributed by atoms with E-state index in [0.717, 1.165) is 18.8 Å². The van der Waals surface area contributed by atoms with E-state index in [4.69, 9.17) is 0 Å². The van der Waals surface area contributed by atoms with Crippen LogP contribution in [-0.4, -0.2) is 0 Å². The molecular weight excluding hydrogens is 216 g/mol. The Kier molecular flexibility index (Phi) is 7.96. The third-order valence-electron chi connectivity index (χ3n) is 3.44. The van der Waals surface area contributed by atoms with Crippen LogP contribution in [0.3, 0.4) is 0 Å². The number of rotatable bonds is 10. The molecule has 0 aliphatic heterocycles. The molecule has 0 radical (unpaired) electrons. The molecule has 1 rings (SSSR count). The quantitative estimate of drug-likeness (QED) is 0.355. The first kappa shape index (κ1) is 14.8. The second kappa shape index (κ2) is 9.70. The zero-order chi connectivity index (χ0) is 13.1. The molecule has 0 saturated carbocycles. The highest BCUT2D eigenvalue weighted by molar-refractivity contribution is 5.19. The fourth-order valence-corrected chi connectivity index (χ4v) is 2.39. The van der Waals surface area contributed by atoms with Crippen molar-refractivity contribution in [2.45, 2.75) is 50.9 Å². The van der Waals surface area contributed by atoms with Crippen molar-refractivity contribution in [1.82, 2.24) is 0 Å². The van der Waals surface area contributed by atoms with Crippen molar-refractivity contribution in [2.24, 2.45) is 0 Å². The van der Waals surface area contributed by atoms with E-state index in [1.54, 1.807) is 0 Å². The molecule has 0 N–H and O–H groups in total. The van der Waals surface area contributed by atoms with Gasteiger partial charge < -0.3 is 0 Å². The Morgan fingerprint density at radius 3 is 2.11 bits per heavy atom. The van der Waals surface area contributed by atoms with E-state index in [9.17, 15) is 0 Å². The van der Waals surface area contributed by atoms with E-state index in [2.05, 4.69) is 43.5 Å². The smallest absolute Gasteiger partial charge is 0.0162 e. The highest BCUT2D eigenvalue weighted by atomic mass is 14.1. The average molecular weight is 242 g/mol. The molecule has 1 aromatic rings. The summed E-state index contributed by atoms with van der Waals surface area (Å²) in [6.07, 6.45) is 12.7. The molecular formula is C18H26. The Morgan fingerprint density at radius 1 is 0.833 bits per heavy atom. The largest absolute Gasteiger partial charge is 0.103 e. The molecule has 1 unspecified atom stereocenters. The zero-order valence-electron chi connectivity index (χ0n) is 11.5. The first-order valence-electron chi connectivity index (χ1n) is 7.15. The van der Waals surface area contributed by atoms with Crippen molar-refractivity contribution >= 4 is 0 Å². The standard InChI is InChI=1S/C18H26/c1-3-5-7-10-14-17(13-9-6-4-2)18-15-11-8-12-16-18/h3-4,8,11-12,15-17H,1-2,5-7,9-10,13-14H2. The summed E-state index contributed by atoms with van der Waals surface area (Å²) in [5, 5.41) is 0. The molecule has 0 saturated heterocycles. The molecule has 0 bridgehead atoms. The summed E-state index contributed by atoms with van der Waals surface area (Å²) < 4.78 is 0. The molecule has 0 amide bonds. The van der Waals surface area contributed by atoms with Crippen molar-refractivity contribution in [3.63, 3.8) is 0 Å². The number of hydrogen-bond donors (Lipinski definition) is 0. The SMILES string of the molecule is C=CCCCCC(CCCC=C)c1ccccc1. The highest BCUT2D eigenvalue weighted by Crippen LogP contribution is 2.27. The number of unbranched alkanes of at least 4 members (excludes halogenated alkanes) is 3. The third-order valence-corrected chi connectivity index (χ3v) is 3.44. The third kappa shape index (κ3) is 5.86. The van der Waals surface area contributed by atoms with Gasteiger partial charge in [-0.3, -0.25) is 0 Å². The van der Waals surface area contributed by atoms with Gasteiger partial charge in [0.15, 0.2) is 0 Å². The van der Waals surface area contributed by atoms with Crippen LogP contribution in [0.1, 0.15) is 56.4 Å². The minimum atomic E-state index is 0.718. The summed E-state index contributed by atoms with van der Waals surface area (Å²) in [7, 11) is 0. The van der Waals surface area contributed by atoms with Gasteiger partial charge in [-0.2, -0.15) is 0 Å². The molecule has 0 heteroatoms. The topological polar surface area (TPSA) is 0 Å². The maximum Gasteiger partial charge on any atom is -0.0162 e. The molecule has 0 spiro atoms. The molecule has 0 nitrogen and oxygen atoms in total. The molecule has 18 heavy (non-hydrogen) atoms. The fraction of sp³-hybridized carbons (Fsp3) is 0.444. The second-order valence-electron chi connectivity index (χ2n) is 4.90. The van der Waals surface area contributed by atoms with Crippen LogP contribution in [0.5, 0.6) is 0 Å². The van der Waals surface area contributed by atoms with Gasteiger partial charge in [-0.15, -0.1) is 13.2 Å². The van der Waals surface area contributed by atoms with Crippen LogP contribution in [0.2, 0.25) is 0 Å². The summed E-state index contributed by atoms with van der Waals surface area (Å²) in [5.41, 5.74) is 1.50. The number of benzene rings is 1. The van der Waals surface area contributed by atoms with Gasteiger partial charge in [0, 0.05) is 0 Å². The summed E-state index contributed by atoms with van der Waals surface area (Å²) in [4.78, 5) is 0. The molecule has 1 atom stereocenters. The van der Waals surface area contributed by atoms with Crippen molar-refractivity contribution in [1.29, 1.82) is 0 Å². The maximum absolute atomic E-state index is 3.81. The van der Waals surface area contributed by atoms with Gasteiger partial charge in [-0.05, 0) is 50.0 Å². The van der Waals surface area contributed by atoms with Gasteiger partial charge in [-0.25, -0.2) is 0 Å². The van der Waals surface area contributed by atoms with E-state index >= 15 is 0 Å². The van der Waals surface area contributed by atoms with Crippen molar-refractivity contribution < 1.29 is 0 Å². The Hall–Kier alpha value is -1.30. The van der Waals surface area contributed by atoms with Crippen LogP contribution in [0, 0.1) is 0 Å². The normalized spacial score (nSPS) is 12.0. The monoisotopic (exact) mass is 242 g/mol. The summed E-state index contributed by atoms with van der Waals surface area (Å²) in [6, 6.07) is 10.9. The van der Waals surface area contributed by atoms with Crippen LogP contribution in [-0.2, 0) is 0 Å². The van der Waals surface area contributed by atoms with E-state index in [0.29, 0.717) is 0 Å². The maximum atomic E-state index is 3.81. The fourth-order valence-electron chi connectivity index (χ4n) is 2.39. The Balaban J connectivity index is 2.46. The molecule has 0 fully saturated rings. The molecule has 98 valence electrons. The van der Waals surface area contributed by atoms with E-state index in [-0.39, 0.29) is 0 Å². The lowest BCUT2D eigenvalue weighted by Crippen LogP contribution is -1.99. The van der Waals surface area contributed by atoms with Crippen LogP contribution in [0.15, 0.2) is 55.6 Å². The predicted molar refractivity (Wildman–Crippen MR) is 81.9 cm³/mol. The zero-order valence-corrected chi connectivity index (χ0v) is 11.5. The lowest BCUT2D eigenvalue weighted by Gasteiger charge is -2.17. The minimum absolute atomic E-state index is 0.718. The predicted octanol–water partition coefficient (Wildman–Crippen LogP) is 5.87. The van der Waals surface area contributed by atoms with Crippen LogP contribution >= 0.6 is 0 Å². The summed E-state index contributed by atoms with van der Waals surface area (Å²) in [6.45, 7) is 7.59. The van der Waals surface area contributed by atoms with Crippen LogP contribution in [0.25, 0.3) is 0 Å². The van der Waals surface area contributed by atoms with Gasteiger partial charge in [0.25, 0.3) is 0 Å². The lowest BCUT2D eigenvalue weighted by atomic mass is 9.89. The van der Waals surface area contributed by atoms with Crippen LogP contribution in [0.4, 0.5) is 0 Å².